The van der Waals surface area contributed by atoms with Gasteiger partial charge in [-0.15, -0.1) is 0 Å². The Morgan fingerprint density at radius 2 is 1.17 bits per heavy atom. The van der Waals surface area contributed by atoms with Crippen molar-refractivity contribution in [2.75, 3.05) is 14.2 Å². The Labute approximate surface area is 102 Å². The number of hydrogen-bond acceptors (Lipinski definition) is 6. The average Bonchev–Trinajstić information content (AvgIpc) is 2.35. The second-order valence-corrected chi connectivity index (χ2v) is 3.58. The molecule has 0 saturated heterocycles. The second kappa shape index (κ2) is 4.06. The molecule has 0 fully saturated rings. The van der Waals surface area contributed by atoms with Crippen molar-refractivity contribution >= 4 is 11.6 Å². The molecule has 0 aliphatic heterocycles. The summed E-state index contributed by atoms with van der Waals surface area (Å²) in [5.41, 5.74) is -0.560. The molecule has 0 radical (unpaired) electrons. The SMILES string of the molecule is COc1c(O)c2c(c(O)c1OC)C(=O)C=CC2=O. The first kappa shape index (κ1) is 12.0. The summed E-state index contributed by atoms with van der Waals surface area (Å²) in [4.78, 5) is 23.3. The van der Waals surface area contributed by atoms with E-state index in [-0.39, 0.29) is 22.6 Å². The highest BCUT2D eigenvalue weighted by molar-refractivity contribution is 6.25. The zero-order chi connectivity index (χ0) is 13.4. The molecule has 2 rings (SSSR count). The monoisotopic (exact) mass is 250 g/mol. The molecule has 0 heterocycles. The molecule has 0 amide bonds. The van der Waals surface area contributed by atoms with Gasteiger partial charge in [0.05, 0.1) is 25.3 Å². The summed E-state index contributed by atoms with van der Waals surface area (Å²) in [7, 11) is 2.49. The molecular weight excluding hydrogens is 240 g/mol. The van der Waals surface area contributed by atoms with Crippen LogP contribution in [0.4, 0.5) is 0 Å². The highest BCUT2D eigenvalue weighted by Gasteiger charge is 2.33. The van der Waals surface area contributed by atoms with E-state index in [1.54, 1.807) is 0 Å². The van der Waals surface area contributed by atoms with Crippen molar-refractivity contribution in [2.24, 2.45) is 0 Å². The van der Waals surface area contributed by atoms with Crippen LogP contribution in [0.1, 0.15) is 20.7 Å². The lowest BCUT2D eigenvalue weighted by atomic mass is 9.92. The quantitative estimate of drug-likeness (QED) is 0.762. The number of phenolic OH excluding ortho intramolecular Hbond substituents is 2. The lowest BCUT2D eigenvalue weighted by molar-refractivity contribution is 0.0988. The third-order valence-corrected chi connectivity index (χ3v) is 2.65. The van der Waals surface area contributed by atoms with Crippen molar-refractivity contribution in [1.29, 1.82) is 0 Å². The summed E-state index contributed by atoms with van der Waals surface area (Å²) in [6, 6.07) is 0. The van der Waals surface area contributed by atoms with E-state index in [0.717, 1.165) is 12.2 Å². The molecule has 2 N–H and O–H groups in total. The largest absolute Gasteiger partial charge is 0.504 e. The highest BCUT2D eigenvalue weighted by atomic mass is 16.5. The predicted octanol–water partition coefficient (Wildman–Crippen LogP) is 1.05. The summed E-state index contributed by atoms with van der Waals surface area (Å²) in [6.45, 7) is 0. The fraction of sp³-hybridized carbons (Fsp3) is 0.167. The number of rotatable bonds is 2. The van der Waals surface area contributed by atoms with Gasteiger partial charge in [-0.1, -0.05) is 0 Å². The molecule has 1 aliphatic rings. The molecule has 0 saturated carbocycles. The van der Waals surface area contributed by atoms with E-state index in [1.165, 1.54) is 14.2 Å². The maximum atomic E-state index is 11.7. The molecule has 0 unspecified atom stereocenters. The van der Waals surface area contributed by atoms with Crippen molar-refractivity contribution in [3.63, 3.8) is 0 Å². The molecule has 0 aromatic heterocycles. The van der Waals surface area contributed by atoms with Gasteiger partial charge in [0.2, 0.25) is 11.5 Å². The van der Waals surface area contributed by atoms with Crippen molar-refractivity contribution in [3.8, 4) is 23.0 Å². The average molecular weight is 250 g/mol. The summed E-state index contributed by atoms with van der Waals surface area (Å²) >= 11 is 0. The molecule has 6 heteroatoms. The Morgan fingerprint density at radius 3 is 1.44 bits per heavy atom. The normalized spacial score (nSPS) is 13.4. The van der Waals surface area contributed by atoms with Crippen molar-refractivity contribution in [1.82, 2.24) is 0 Å². The van der Waals surface area contributed by atoms with Crippen LogP contribution in [0.15, 0.2) is 12.2 Å². The van der Waals surface area contributed by atoms with Crippen molar-refractivity contribution in [3.05, 3.63) is 23.3 Å². The number of phenols is 2. The van der Waals surface area contributed by atoms with E-state index in [4.69, 9.17) is 9.47 Å². The Kier molecular flexibility index (Phi) is 2.70. The molecule has 0 bridgehead atoms. The molecule has 1 aromatic carbocycles. The van der Waals surface area contributed by atoms with E-state index in [0.29, 0.717) is 0 Å². The fourth-order valence-corrected chi connectivity index (χ4v) is 1.86. The van der Waals surface area contributed by atoms with E-state index < -0.39 is 23.1 Å². The number of benzene rings is 1. The van der Waals surface area contributed by atoms with Crippen LogP contribution in [-0.4, -0.2) is 36.0 Å². The van der Waals surface area contributed by atoms with Crippen LogP contribution in [0.5, 0.6) is 23.0 Å². The first-order chi connectivity index (χ1) is 8.52. The van der Waals surface area contributed by atoms with Crippen LogP contribution < -0.4 is 9.47 Å². The zero-order valence-corrected chi connectivity index (χ0v) is 9.68. The maximum Gasteiger partial charge on any atom is 0.207 e. The Bertz CT molecular complexity index is 534. The number of carbonyl (C=O) groups is 2. The number of fused-ring (bicyclic) bond motifs is 1. The molecular formula is C12H10O6. The standard InChI is InChI=1S/C12H10O6/c1-17-11-9(15)7-5(13)3-4-6(14)8(7)10(16)12(11)18-2/h3-4,15-16H,1-2H3. The molecule has 1 aromatic rings. The number of aromatic hydroxyl groups is 2. The highest BCUT2D eigenvalue weighted by Crippen LogP contribution is 2.49. The third kappa shape index (κ3) is 1.42. The molecule has 0 spiro atoms. The van der Waals surface area contributed by atoms with Gasteiger partial charge in [0.1, 0.15) is 0 Å². The smallest absolute Gasteiger partial charge is 0.207 e. The molecule has 0 atom stereocenters. The van der Waals surface area contributed by atoms with Gasteiger partial charge in [-0.2, -0.15) is 0 Å². The topological polar surface area (TPSA) is 93.1 Å². The van der Waals surface area contributed by atoms with Gasteiger partial charge < -0.3 is 19.7 Å². The van der Waals surface area contributed by atoms with Crippen LogP contribution in [0.2, 0.25) is 0 Å². The summed E-state index contributed by atoms with van der Waals surface area (Å²) < 4.78 is 9.75. The molecule has 94 valence electrons. The lowest BCUT2D eigenvalue weighted by Gasteiger charge is -2.18. The Hall–Kier alpha value is -2.50. The van der Waals surface area contributed by atoms with Crippen LogP contribution in [0.25, 0.3) is 0 Å². The molecule has 18 heavy (non-hydrogen) atoms. The summed E-state index contributed by atoms with van der Waals surface area (Å²) in [6.07, 6.45) is 2.05. The number of hydrogen-bond donors (Lipinski definition) is 2. The first-order valence-electron chi connectivity index (χ1n) is 4.99. The van der Waals surface area contributed by atoms with Crippen LogP contribution in [0.3, 0.4) is 0 Å². The minimum Gasteiger partial charge on any atom is -0.504 e. The van der Waals surface area contributed by atoms with Gasteiger partial charge in [-0.25, -0.2) is 0 Å². The van der Waals surface area contributed by atoms with Gasteiger partial charge in [0.15, 0.2) is 23.1 Å². The van der Waals surface area contributed by atoms with E-state index in [1.807, 2.05) is 0 Å². The number of ketones is 2. The summed E-state index contributed by atoms with van der Waals surface area (Å²) in [5, 5.41) is 19.9. The van der Waals surface area contributed by atoms with E-state index >= 15 is 0 Å². The van der Waals surface area contributed by atoms with Crippen LogP contribution >= 0.6 is 0 Å². The van der Waals surface area contributed by atoms with Gasteiger partial charge >= 0.3 is 0 Å². The first-order valence-corrected chi connectivity index (χ1v) is 4.99. The van der Waals surface area contributed by atoms with Crippen molar-refractivity contribution < 1.29 is 29.3 Å². The minimum atomic E-state index is -0.585. The lowest BCUT2D eigenvalue weighted by Crippen LogP contribution is -2.13. The maximum absolute atomic E-state index is 11.7. The molecule has 6 nitrogen and oxygen atoms in total. The third-order valence-electron chi connectivity index (χ3n) is 2.65. The summed E-state index contributed by atoms with van der Waals surface area (Å²) in [5.74, 6) is -2.60. The number of allylic oxidation sites excluding steroid dienone is 2. The molecule has 1 aliphatic carbocycles. The van der Waals surface area contributed by atoms with Crippen molar-refractivity contribution in [2.45, 2.75) is 0 Å². The predicted molar refractivity (Wildman–Crippen MR) is 60.7 cm³/mol. The van der Waals surface area contributed by atoms with Gasteiger partial charge in [0.25, 0.3) is 0 Å². The minimum absolute atomic E-state index is 0.190. The number of carbonyl (C=O) groups excluding carboxylic acids is 2. The second-order valence-electron chi connectivity index (χ2n) is 3.58. The Morgan fingerprint density at radius 1 is 0.833 bits per heavy atom. The van der Waals surface area contributed by atoms with Crippen LogP contribution in [-0.2, 0) is 0 Å². The van der Waals surface area contributed by atoms with Gasteiger partial charge in [-0.05, 0) is 12.2 Å². The van der Waals surface area contributed by atoms with Gasteiger partial charge in [-0.3, -0.25) is 9.59 Å². The number of ether oxygens (including phenoxy) is 2. The Balaban J connectivity index is 2.90. The van der Waals surface area contributed by atoms with Crippen LogP contribution in [0, 0.1) is 0 Å². The van der Waals surface area contributed by atoms with Gasteiger partial charge in [0, 0.05) is 0 Å². The van der Waals surface area contributed by atoms with E-state index in [9.17, 15) is 19.8 Å². The fourth-order valence-electron chi connectivity index (χ4n) is 1.86. The zero-order valence-electron chi connectivity index (χ0n) is 9.68. The number of methoxy groups -OCH3 is 2. The van der Waals surface area contributed by atoms with E-state index in [2.05, 4.69) is 0 Å².